The van der Waals surface area contributed by atoms with Gasteiger partial charge in [0.2, 0.25) is 0 Å². The molecule has 0 spiro atoms. The van der Waals surface area contributed by atoms with Crippen LogP contribution in [0.5, 0.6) is 0 Å². The molecule has 0 bridgehead atoms. The molecule has 1 aromatic heterocycles. The maximum absolute atomic E-state index is 12.9. The molecule has 5 N–H and O–H groups in total. The lowest BCUT2D eigenvalue weighted by atomic mass is 10.2. The Morgan fingerprint density at radius 1 is 1.38 bits per heavy atom. The minimum absolute atomic E-state index is 0.248. The zero-order valence-corrected chi connectivity index (χ0v) is 15.4. The van der Waals surface area contributed by atoms with Crippen LogP contribution < -0.4 is 11.2 Å². The summed E-state index contributed by atoms with van der Waals surface area (Å²) in [5.41, 5.74) is -4.50. The van der Waals surface area contributed by atoms with Gasteiger partial charge in [-0.25, -0.2) is 9.36 Å². The van der Waals surface area contributed by atoms with Crippen molar-refractivity contribution in [2.45, 2.75) is 37.1 Å². The summed E-state index contributed by atoms with van der Waals surface area (Å²) in [5.74, 6) is 0. The molecule has 2 rings (SSSR count). The molecular weight excluding hydrogens is 432 g/mol. The number of phosphoric acid groups is 1. The predicted octanol–water partition coefficient (Wildman–Crippen LogP) is -1.31. The fourth-order valence-electron chi connectivity index (χ4n) is 2.37. The quantitative estimate of drug-likeness (QED) is 0.299. The van der Waals surface area contributed by atoms with E-state index in [-0.39, 0.29) is 12.6 Å². The summed E-state index contributed by atoms with van der Waals surface area (Å²) in [6, 6.07) is 0. The van der Waals surface area contributed by atoms with Crippen molar-refractivity contribution in [3.8, 4) is 0 Å². The number of H-pyrrole nitrogens is 1. The first kappa shape index (κ1) is 23.7. The third-order valence-corrected chi connectivity index (χ3v) is 4.78. The molecule has 12 nitrogen and oxygen atoms in total. The highest BCUT2D eigenvalue weighted by Gasteiger charge is 2.40. The second-order valence-electron chi connectivity index (χ2n) is 6.04. The van der Waals surface area contributed by atoms with Gasteiger partial charge in [-0.2, -0.15) is 13.2 Å². The molecular formula is C13H18F3N2O10P. The molecule has 5 atom stereocenters. The van der Waals surface area contributed by atoms with E-state index in [0.717, 1.165) is 0 Å². The van der Waals surface area contributed by atoms with Gasteiger partial charge >= 0.3 is 19.7 Å². The molecule has 29 heavy (non-hydrogen) atoms. The molecule has 0 aromatic carbocycles. The number of rotatable bonds is 8. The van der Waals surface area contributed by atoms with Crippen molar-refractivity contribution in [2.75, 3.05) is 19.8 Å². The van der Waals surface area contributed by atoms with Gasteiger partial charge in [0.25, 0.3) is 5.56 Å². The van der Waals surface area contributed by atoms with Gasteiger partial charge in [0.05, 0.1) is 25.9 Å². The molecule has 2 unspecified atom stereocenters. The molecule has 1 aliphatic rings. The number of hydrogen-bond donors (Lipinski definition) is 5. The highest BCUT2D eigenvalue weighted by atomic mass is 31.2. The molecule has 16 heteroatoms. The van der Waals surface area contributed by atoms with Crippen molar-refractivity contribution in [3.05, 3.63) is 32.6 Å². The average Bonchev–Trinajstić information content (AvgIpc) is 2.97. The van der Waals surface area contributed by atoms with Crippen molar-refractivity contribution in [2.24, 2.45) is 0 Å². The summed E-state index contributed by atoms with van der Waals surface area (Å²) >= 11 is 0. The van der Waals surface area contributed by atoms with Crippen LogP contribution in [0.4, 0.5) is 13.2 Å². The highest BCUT2D eigenvalue weighted by Crippen LogP contribution is 2.44. The van der Waals surface area contributed by atoms with Gasteiger partial charge in [-0.1, -0.05) is 0 Å². The lowest BCUT2D eigenvalue weighted by Gasteiger charge is -2.19. The zero-order chi connectivity index (χ0) is 22.0. The fraction of sp³-hybridized carbons (Fsp3) is 0.692. The lowest BCUT2D eigenvalue weighted by molar-refractivity contribution is -0.139. The van der Waals surface area contributed by atoms with Crippen molar-refractivity contribution in [1.82, 2.24) is 9.55 Å². The summed E-state index contributed by atoms with van der Waals surface area (Å²) in [5, 5.41) is 27.6. The van der Waals surface area contributed by atoms with E-state index in [4.69, 9.17) is 14.9 Å². The molecule has 166 valence electrons. The molecule has 0 saturated carbocycles. The number of hydrogen-bond acceptors (Lipinski definition) is 9. The maximum Gasteiger partial charge on any atom is 0.472 e. The molecule has 1 aromatic rings. The Labute approximate surface area is 159 Å². The minimum Gasteiger partial charge on any atom is -0.394 e. The van der Waals surface area contributed by atoms with Crippen LogP contribution in [0.2, 0.25) is 0 Å². The molecule has 2 heterocycles. The van der Waals surface area contributed by atoms with E-state index in [1.165, 1.54) is 4.98 Å². The van der Waals surface area contributed by atoms with Crippen molar-refractivity contribution >= 4 is 7.82 Å². The molecule has 1 fully saturated rings. The van der Waals surface area contributed by atoms with Crippen LogP contribution in [0.1, 0.15) is 18.2 Å². The zero-order valence-electron chi connectivity index (χ0n) is 14.5. The van der Waals surface area contributed by atoms with Crippen molar-refractivity contribution < 1.29 is 51.7 Å². The topological polar surface area (TPSA) is 181 Å². The Hall–Kier alpha value is -1.58. The molecule has 0 aliphatic carbocycles. The van der Waals surface area contributed by atoms with E-state index in [1.807, 2.05) is 0 Å². The van der Waals surface area contributed by atoms with E-state index in [0.29, 0.717) is 4.57 Å². The number of aromatic amines is 1. The molecule has 0 amide bonds. The fourth-order valence-corrected chi connectivity index (χ4v) is 3.15. The monoisotopic (exact) mass is 450 g/mol. The largest absolute Gasteiger partial charge is 0.472 e. The Kier molecular flexibility index (Phi) is 7.40. The smallest absolute Gasteiger partial charge is 0.394 e. The highest BCUT2D eigenvalue weighted by molar-refractivity contribution is 7.47. The van der Waals surface area contributed by atoms with Gasteiger partial charge in [-0.05, 0) is 0 Å². The second kappa shape index (κ2) is 9.06. The number of phosphoric ester groups is 1. The standard InChI is InChI=1S/C13H18F3N2O10P/c14-13(15,16)7-2-18(12(23)17-11(7)22)10-1-8(21)9(28-10)5-27-29(24,25)26-4-6(20)3-19/h2,6,8-10,19-21H,1,3-5H2,(H,24,25)(H,17,22,23)/t6?,8-,9+,10+/m0/s1. The van der Waals surface area contributed by atoms with Crippen molar-refractivity contribution in [1.29, 1.82) is 0 Å². The first-order valence-corrected chi connectivity index (χ1v) is 9.50. The predicted molar refractivity (Wildman–Crippen MR) is 85.7 cm³/mol. The Balaban J connectivity index is 2.07. The van der Waals surface area contributed by atoms with Crippen molar-refractivity contribution in [3.63, 3.8) is 0 Å². The summed E-state index contributed by atoms with van der Waals surface area (Å²) in [7, 11) is -4.70. The van der Waals surface area contributed by atoms with Crippen LogP contribution in [0, 0.1) is 0 Å². The van der Waals surface area contributed by atoms with E-state index >= 15 is 0 Å². The molecule has 0 radical (unpaired) electrons. The van der Waals surface area contributed by atoms with Crippen LogP contribution in [0.3, 0.4) is 0 Å². The van der Waals surface area contributed by atoms with Crippen LogP contribution >= 0.6 is 7.82 Å². The Morgan fingerprint density at radius 3 is 2.62 bits per heavy atom. The van der Waals surface area contributed by atoms with Gasteiger partial charge in [0.15, 0.2) is 0 Å². The van der Waals surface area contributed by atoms with Gasteiger partial charge < -0.3 is 24.9 Å². The first-order chi connectivity index (χ1) is 13.3. The third-order valence-electron chi connectivity index (χ3n) is 3.83. The number of alkyl halides is 3. The van der Waals surface area contributed by atoms with Gasteiger partial charge in [-0.15, -0.1) is 0 Å². The normalized spacial score (nSPS) is 25.7. The average molecular weight is 450 g/mol. The van der Waals surface area contributed by atoms with Crippen LogP contribution in [-0.4, -0.2) is 67.9 Å². The maximum atomic E-state index is 12.9. The summed E-state index contributed by atoms with van der Waals surface area (Å²) in [4.78, 5) is 34.1. The molecule has 1 saturated heterocycles. The van der Waals surface area contributed by atoms with Crippen LogP contribution in [0.15, 0.2) is 15.8 Å². The Morgan fingerprint density at radius 2 is 2.03 bits per heavy atom. The summed E-state index contributed by atoms with van der Waals surface area (Å²) in [6.07, 6.45) is -10.7. The first-order valence-electron chi connectivity index (χ1n) is 8.01. The van der Waals surface area contributed by atoms with Crippen LogP contribution in [0.25, 0.3) is 0 Å². The van der Waals surface area contributed by atoms with E-state index < -0.39 is 75.2 Å². The number of aromatic nitrogens is 2. The molecule has 1 aliphatic heterocycles. The second-order valence-corrected chi connectivity index (χ2v) is 7.49. The van der Waals surface area contributed by atoms with Gasteiger partial charge in [0.1, 0.15) is 24.0 Å². The number of nitrogens with zero attached hydrogens (tertiary/aromatic N) is 1. The number of halogens is 3. The van der Waals surface area contributed by atoms with Gasteiger partial charge in [0, 0.05) is 12.6 Å². The number of aliphatic hydroxyl groups is 3. The SMILES string of the molecule is O=c1[nH]c(=O)n([C@H]2C[C@H](O)[C@@H](COP(=O)(O)OCC(O)CO)O2)cc1C(F)(F)F. The van der Waals surface area contributed by atoms with Crippen LogP contribution in [-0.2, 0) is 24.5 Å². The Bertz CT molecular complexity index is 872. The summed E-state index contributed by atoms with van der Waals surface area (Å²) < 4.78 is 64.8. The summed E-state index contributed by atoms with van der Waals surface area (Å²) in [6.45, 7) is -2.21. The number of aliphatic hydroxyl groups excluding tert-OH is 3. The minimum atomic E-state index is -5.04. The van der Waals surface area contributed by atoms with E-state index in [9.17, 15) is 37.3 Å². The van der Waals surface area contributed by atoms with E-state index in [2.05, 4.69) is 9.05 Å². The number of nitrogens with one attached hydrogen (secondary N) is 1. The third kappa shape index (κ3) is 6.20. The lowest BCUT2D eigenvalue weighted by Crippen LogP contribution is -2.36. The number of ether oxygens (including phenoxy) is 1. The van der Waals surface area contributed by atoms with Gasteiger partial charge in [-0.3, -0.25) is 23.4 Å². The van der Waals surface area contributed by atoms with E-state index in [1.54, 1.807) is 0 Å².